The lowest BCUT2D eigenvalue weighted by molar-refractivity contribution is 0.0953. The highest BCUT2D eigenvalue weighted by Crippen LogP contribution is 2.11. The number of piperazine rings is 1. The fraction of sp³-hybridized carbons (Fsp3) is 0.400. The normalized spacial score (nSPS) is 15.9. The van der Waals surface area contributed by atoms with Crippen molar-refractivity contribution in [1.82, 2.24) is 15.7 Å². The lowest BCUT2D eigenvalue weighted by atomic mass is 10.2. The summed E-state index contributed by atoms with van der Waals surface area (Å²) in [4.78, 5) is 17.6. The molecular formula is C10H15N5O. The molecule has 1 amide bonds. The van der Waals surface area contributed by atoms with Gasteiger partial charge in [0.25, 0.3) is 5.91 Å². The predicted molar refractivity (Wildman–Crippen MR) is 61.0 cm³/mol. The molecule has 2 heterocycles. The first-order chi connectivity index (χ1) is 7.81. The quantitative estimate of drug-likeness (QED) is 0.342. The van der Waals surface area contributed by atoms with E-state index < -0.39 is 0 Å². The van der Waals surface area contributed by atoms with Crippen molar-refractivity contribution in [3.8, 4) is 0 Å². The van der Waals surface area contributed by atoms with Crippen molar-refractivity contribution in [2.45, 2.75) is 0 Å². The number of rotatable bonds is 2. The topological polar surface area (TPSA) is 83.3 Å². The average molecular weight is 221 g/mol. The van der Waals surface area contributed by atoms with Crippen LogP contribution in [0.4, 0.5) is 5.82 Å². The van der Waals surface area contributed by atoms with E-state index >= 15 is 0 Å². The Hall–Kier alpha value is -1.66. The van der Waals surface area contributed by atoms with Crippen LogP contribution in [0.1, 0.15) is 10.4 Å². The third-order valence-corrected chi connectivity index (χ3v) is 2.58. The highest BCUT2D eigenvalue weighted by atomic mass is 16.2. The first-order valence-electron chi connectivity index (χ1n) is 5.24. The molecule has 0 radical (unpaired) electrons. The molecule has 4 N–H and O–H groups in total. The van der Waals surface area contributed by atoms with Crippen LogP contribution in [0.5, 0.6) is 0 Å². The molecule has 1 aromatic rings. The molecule has 1 fully saturated rings. The van der Waals surface area contributed by atoms with Gasteiger partial charge in [-0.2, -0.15) is 0 Å². The molecule has 86 valence electrons. The van der Waals surface area contributed by atoms with Gasteiger partial charge >= 0.3 is 0 Å². The van der Waals surface area contributed by atoms with E-state index in [4.69, 9.17) is 5.84 Å². The molecule has 1 saturated heterocycles. The maximum absolute atomic E-state index is 11.2. The number of pyridine rings is 1. The number of carbonyl (C=O) groups excluding carboxylic acids is 1. The van der Waals surface area contributed by atoms with E-state index in [9.17, 15) is 4.79 Å². The molecule has 0 unspecified atom stereocenters. The zero-order valence-corrected chi connectivity index (χ0v) is 8.94. The second-order valence-corrected chi connectivity index (χ2v) is 3.62. The number of carbonyl (C=O) groups is 1. The fourth-order valence-corrected chi connectivity index (χ4v) is 1.68. The van der Waals surface area contributed by atoms with Crippen LogP contribution in [0.25, 0.3) is 0 Å². The number of hydrogen-bond donors (Lipinski definition) is 3. The third-order valence-electron chi connectivity index (χ3n) is 2.58. The van der Waals surface area contributed by atoms with Gasteiger partial charge in [-0.15, -0.1) is 0 Å². The molecule has 1 aliphatic heterocycles. The van der Waals surface area contributed by atoms with Gasteiger partial charge in [-0.3, -0.25) is 10.2 Å². The summed E-state index contributed by atoms with van der Waals surface area (Å²) in [5.74, 6) is 5.62. The molecule has 6 nitrogen and oxygen atoms in total. The smallest absolute Gasteiger partial charge is 0.266 e. The summed E-state index contributed by atoms with van der Waals surface area (Å²) >= 11 is 0. The number of hydrogen-bond acceptors (Lipinski definition) is 5. The molecule has 1 aliphatic rings. The SMILES string of the molecule is NNC(=O)c1ccc(N2CCNCC2)nc1. The minimum absolute atomic E-state index is 0.320. The molecule has 0 atom stereocenters. The molecule has 0 saturated carbocycles. The zero-order valence-electron chi connectivity index (χ0n) is 8.94. The van der Waals surface area contributed by atoms with Crippen molar-refractivity contribution in [2.75, 3.05) is 31.1 Å². The Morgan fingerprint density at radius 1 is 1.44 bits per heavy atom. The fourth-order valence-electron chi connectivity index (χ4n) is 1.68. The van der Waals surface area contributed by atoms with Gasteiger partial charge in [-0.25, -0.2) is 10.8 Å². The first kappa shape index (κ1) is 10.8. The molecule has 6 heteroatoms. The van der Waals surface area contributed by atoms with Crippen molar-refractivity contribution < 1.29 is 4.79 Å². The van der Waals surface area contributed by atoms with Gasteiger partial charge in [0.05, 0.1) is 5.56 Å². The molecule has 0 bridgehead atoms. The summed E-state index contributed by atoms with van der Waals surface area (Å²) in [6.45, 7) is 3.81. The Morgan fingerprint density at radius 3 is 2.75 bits per heavy atom. The largest absolute Gasteiger partial charge is 0.354 e. The van der Waals surface area contributed by atoms with E-state index in [1.165, 1.54) is 0 Å². The number of nitrogen functional groups attached to an aromatic ring is 1. The van der Waals surface area contributed by atoms with Crippen LogP contribution in [0, 0.1) is 0 Å². The van der Waals surface area contributed by atoms with E-state index in [0.29, 0.717) is 5.56 Å². The predicted octanol–water partition coefficient (Wildman–Crippen LogP) is -0.905. The summed E-state index contributed by atoms with van der Waals surface area (Å²) < 4.78 is 0. The number of nitrogens with two attached hydrogens (primary N) is 1. The number of aromatic nitrogens is 1. The molecule has 0 spiro atoms. The molecule has 16 heavy (non-hydrogen) atoms. The Balaban J connectivity index is 2.09. The second-order valence-electron chi connectivity index (χ2n) is 3.62. The van der Waals surface area contributed by atoms with E-state index in [1.807, 2.05) is 6.07 Å². The maximum atomic E-state index is 11.2. The van der Waals surface area contributed by atoms with Gasteiger partial charge < -0.3 is 10.2 Å². The lowest BCUT2D eigenvalue weighted by Gasteiger charge is -2.28. The molecule has 0 aliphatic carbocycles. The van der Waals surface area contributed by atoms with Crippen LogP contribution in [0.15, 0.2) is 18.3 Å². The lowest BCUT2D eigenvalue weighted by Crippen LogP contribution is -2.43. The van der Waals surface area contributed by atoms with E-state index in [0.717, 1.165) is 32.0 Å². The van der Waals surface area contributed by atoms with Crippen LogP contribution in [-0.2, 0) is 0 Å². The minimum atomic E-state index is -0.320. The van der Waals surface area contributed by atoms with Gasteiger partial charge in [0.2, 0.25) is 0 Å². The standard InChI is InChI=1S/C10H15N5O/c11-14-10(16)8-1-2-9(13-7-8)15-5-3-12-4-6-15/h1-2,7,12H,3-6,11H2,(H,14,16). The van der Waals surface area contributed by atoms with E-state index in [2.05, 4.69) is 20.6 Å². The van der Waals surface area contributed by atoms with Gasteiger partial charge in [0.1, 0.15) is 5.82 Å². The number of amides is 1. The number of nitrogens with zero attached hydrogens (tertiary/aromatic N) is 2. The van der Waals surface area contributed by atoms with Crippen molar-refractivity contribution in [3.63, 3.8) is 0 Å². The molecule has 2 rings (SSSR count). The monoisotopic (exact) mass is 221 g/mol. The number of anilines is 1. The molecule has 1 aromatic heterocycles. The van der Waals surface area contributed by atoms with Crippen LogP contribution in [0.3, 0.4) is 0 Å². The summed E-state index contributed by atoms with van der Waals surface area (Å²) in [7, 11) is 0. The van der Waals surface area contributed by atoms with Crippen molar-refractivity contribution in [1.29, 1.82) is 0 Å². The van der Waals surface area contributed by atoms with Gasteiger partial charge in [0, 0.05) is 32.4 Å². The minimum Gasteiger partial charge on any atom is -0.354 e. The van der Waals surface area contributed by atoms with Crippen molar-refractivity contribution in [3.05, 3.63) is 23.9 Å². The summed E-state index contributed by atoms with van der Waals surface area (Å²) in [5, 5.41) is 3.27. The Labute approximate surface area is 93.8 Å². The van der Waals surface area contributed by atoms with Crippen LogP contribution in [-0.4, -0.2) is 37.1 Å². The van der Waals surface area contributed by atoms with Gasteiger partial charge in [-0.1, -0.05) is 0 Å². The van der Waals surface area contributed by atoms with Crippen molar-refractivity contribution in [2.24, 2.45) is 5.84 Å². The van der Waals surface area contributed by atoms with Crippen LogP contribution < -0.4 is 21.5 Å². The van der Waals surface area contributed by atoms with Crippen LogP contribution >= 0.6 is 0 Å². The van der Waals surface area contributed by atoms with Gasteiger partial charge in [0.15, 0.2) is 0 Å². The molecular weight excluding hydrogens is 206 g/mol. The number of nitrogens with one attached hydrogen (secondary N) is 2. The molecule has 0 aromatic carbocycles. The summed E-state index contributed by atoms with van der Waals surface area (Å²) in [6, 6.07) is 3.57. The Morgan fingerprint density at radius 2 is 2.19 bits per heavy atom. The second kappa shape index (κ2) is 4.91. The summed E-state index contributed by atoms with van der Waals surface area (Å²) in [5.41, 5.74) is 2.55. The first-order valence-corrected chi connectivity index (χ1v) is 5.24. The Kier molecular flexibility index (Phi) is 3.33. The number of hydrazine groups is 1. The highest BCUT2D eigenvalue weighted by molar-refractivity contribution is 5.93. The van der Waals surface area contributed by atoms with E-state index in [1.54, 1.807) is 12.3 Å². The van der Waals surface area contributed by atoms with Crippen LogP contribution in [0.2, 0.25) is 0 Å². The average Bonchev–Trinajstić information content (AvgIpc) is 2.39. The third kappa shape index (κ3) is 2.29. The zero-order chi connectivity index (χ0) is 11.4. The van der Waals surface area contributed by atoms with Crippen molar-refractivity contribution >= 4 is 11.7 Å². The van der Waals surface area contributed by atoms with E-state index in [-0.39, 0.29) is 5.91 Å². The Bertz CT molecular complexity index is 358. The maximum Gasteiger partial charge on any atom is 0.266 e. The van der Waals surface area contributed by atoms with Gasteiger partial charge in [-0.05, 0) is 12.1 Å². The highest BCUT2D eigenvalue weighted by Gasteiger charge is 2.12. The summed E-state index contributed by atoms with van der Waals surface area (Å²) in [6.07, 6.45) is 1.54.